The van der Waals surface area contributed by atoms with Crippen LogP contribution in [0.4, 0.5) is 0 Å². The summed E-state index contributed by atoms with van der Waals surface area (Å²) in [6.07, 6.45) is 6.20. The van der Waals surface area contributed by atoms with Crippen LogP contribution in [0.2, 0.25) is 5.02 Å². The van der Waals surface area contributed by atoms with Gasteiger partial charge in [-0.1, -0.05) is 11.6 Å². The quantitative estimate of drug-likeness (QED) is 0.614. The number of hydrogen-bond donors (Lipinski definition) is 2. The number of benzene rings is 1. The van der Waals surface area contributed by atoms with Crippen molar-refractivity contribution in [1.82, 2.24) is 25.3 Å². The third-order valence-corrected chi connectivity index (χ3v) is 4.41. The maximum atomic E-state index is 12.2. The Kier molecular flexibility index (Phi) is 4.90. The van der Waals surface area contributed by atoms with Crippen LogP contribution in [0.1, 0.15) is 12.8 Å². The highest BCUT2D eigenvalue weighted by Gasteiger charge is 2.17. The molecule has 0 saturated carbocycles. The van der Waals surface area contributed by atoms with Crippen LogP contribution in [0.25, 0.3) is 11.4 Å². The molecule has 0 saturated heterocycles. The van der Waals surface area contributed by atoms with Gasteiger partial charge in [0.25, 0.3) is 0 Å². The number of tetrazole rings is 1. The van der Waals surface area contributed by atoms with Gasteiger partial charge in [-0.3, -0.25) is 0 Å². The van der Waals surface area contributed by atoms with Gasteiger partial charge in [0.2, 0.25) is 15.8 Å². The number of unbranched alkanes of at least 4 members (excludes halogenated alkanes) is 1. The summed E-state index contributed by atoms with van der Waals surface area (Å²) >= 11 is 6.02. The first-order valence-electron chi connectivity index (χ1n) is 6.01. The zero-order chi connectivity index (χ0) is 15.3. The Morgan fingerprint density at radius 3 is 2.90 bits per heavy atom. The van der Waals surface area contributed by atoms with E-state index >= 15 is 0 Å². The molecule has 0 bridgehead atoms. The van der Waals surface area contributed by atoms with Crippen molar-refractivity contribution in [1.29, 1.82) is 0 Å². The summed E-state index contributed by atoms with van der Waals surface area (Å²) in [5.41, 5.74) is 0.386. The van der Waals surface area contributed by atoms with Crippen LogP contribution in [0.5, 0.6) is 0 Å². The lowest BCUT2D eigenvalue weighted by Gasteiger charge is -2.07. The molecule has 7 nitrogen and oxygen atoms in total. The molecular formula is C12H12ClN5O2S. The second kappa shape index (κ2) is 6.67. The van der Waals surface area contributed by atoms with E-state index in [-0.39, 0.29) is 17.3 Å². The van der Waals surface area contributed by atoms with Crippen molar-refractivity contribution in [2.75, 3.05) is 6.54 Å². The predicted octanol–water partition coefficient (Wildman–Crippen LogP) is 1.21. The van der Waals surface area contributed by atoms with Gasteiger partial charge in [0.15, 0.2) is 0 Å². The van der Waals surface area contributed by atoms with E-state index in [1.165, 1.54) is 18.2 Å². The molecule has 0 aliphatic heterocycles. The number of halogens is 1. The SMILES string of the molecule is C#CCCCNS(=O)(=O)c1ccc(Cl)c(-c2nn[nH]n2)c1. The molecule has 0 spiro atoms. The minimum absolute atomic E-state index is 0.0763. The van der Waals surface area contributed by atoms with Gasteiger partial charge >= 0.3 is 0 Å². The first-order valence-corrected chi connectivity index (χ1v) is 7.87. The molecule has 0 unspecified atom stereocenters. The topological polar surface area (TPSA) is 101 Å². The number of H-pyrrole nitrogens is 1. The van der Waals surface area contributed by atoms with Crippen LogP contribution < -0.4 is 4.72 Å². The average Bonchev–Trinajstić information content (AvgIpc) is 2.98. The van der Waals surface area contributed by atoms with E-state index in [2.05, 4.69) is 31.3 Å². The summed E-state index contributed by atoms with van der Waals surface area (Å²) in [4.78, 5) is 0.0763. The number of nitrogens with one attached hydrogen (secondary N) is 2. The van der Waals surface area contributed by atoms with Gasteiger partial charge in [-0.15, -0.1) is 22.5 Å². The van der Waals surface area contributed by atoms with Crippen molar-refractivity contribution in [2.24, 2.45) is 0 Å². The fourth-order valence-electron chi connectivity index (χ4n) is 1.60. The minimum Gasteiger partial charge on any atom is -0.211 e. The number of aromatic nitrogens is 4. The van der Waals surface area contributed by atoms with Crippen LogP contribution in [-0.2, 0) is 10.0 Å². The van der Waals surface area contributed by atoms with E-state index in [0.717, 1.165) is 0 Å². The number of rotatable bonds is 6. The number of nitrogens with zero attached hydrogens (tertiary/aromatic N) is 3. The molecule has 110 valence electrons. The maximum Gasteiger partial charge on any atom is 0.240 e. The molecule has 0 aliphatic carbocycles. The van der Waals surface area contributed by atoms with E-state index in [9.17, 15) is 8.42 Å². The molecule has 0 aliphatic rings. The first kappa shape index (κ1) is 15.4. The molecule has 0 amide bonds. The van der Waals surface area contributed by atoms with Gasteiger partial charge in [-0.25, -0.2) is 13.1 Å². The largest absolute Gasteiger partial charge is 0.240 e. The van der Waals surface area contributed by atoms with Crippen LogP contribution in [0.15, 0.2) is 23.1 Å². The predicted molar refractivity (Wildman–Crippen MR) is 77.9 cm³/mol. The van der Waals surface area contributed by atoms with Gasteiger partial charge in [0.05, 0.1) is 9.92 Å². The van der Waals surface area contributed by atoms with Crippen LogP contribution >= 0.6 is 11.6 Å². The van der Waals surface area contributed by atoms with Crippen molar-refractivity contribution >= 4 is 21.6 Å². The maximum absolute atomic E-state index is 12.2. The van der Waals surface area contributed by atoms with Gasteiger partial charge in [-0.05, 0) is 29.8 Å². The van der Waals surface area contributed by atoms with E-state index < -0.39 is 10.0 Å². The zero-order valence-corrected chi connectivity index (χ0v) is 12.4. The smallest absolute Gasteiger partial charge is 0.211 e. The third kappa shape index (κ3) is 3.78. The molecule has 2 N–H and O–H groups in total. The summed E-state index contributed by atoms with van der Waals surface area (Å²) < 4.78 is 26.8. The summed E-state index contributed by atoms with van der Waals surface area (Å²) in [6, 6.07) is 4.29. The number of sulfonamides is 1. The lowest BCUT2D eigenvalue weighted by Crippen LogP contribution is -2.24. The molecular weight excluding hydrogens is 314 g/mol. The molecule has 1 heterocycles. The van der Waals surface area contributed by atoms with Crippen molar-refractivity contribution in [3.63, 3.8) is 0 Å². The minimum atomic E-state index is -3.63. The average molecular weight is 326 g/mol. The molecule has 0 atom stereocenters. The van der Waals surface area contributed by atoms with Gasteiger partial charge in [-0.2, -0.15) is 5.21 Å². The molecule has 9 heteroatoms. The Morgan fingerprint density at radius 2 is 2.24 bits per heavy atom. The molecule has 2 rings (SSSR count). The summed E-state index contributed by atoms with van der Waals surface area (Å²) in [5, 5.41) is 13.6. The van der Waals surface area contributed by atoms with Crippen molar-refractivity contribution < 1.29 is 8.42 Å². The highest BCUT2D eigenvalue weighted by Crippen LogP contribution is 2.27. The Morgan fingerprint density at radius 1 is 1.43 bits per heavy atom. The number of terminal acetylenes is 1. The van der Waals surface area contributed by atoms with Crippen LogP contribution in [-0.4, -0.2) is 35.6 Å². The Hall–Kier alpha value is -1.95. The fourth-order valence-corrected chi connectivity index (χ4v) is 2.90. The van der Waals surface area contributed by atoms with Crippen molar-refractivity contribution in [3.05, 3.63) is 23.2 Å². The molecule has 2 aromatic rings. The summed E-state index contributed by atoms with van der Waals surface area (Å²) in [7, 11) is -3.63. The monoisotopic (exact) mass is 325 g/mol. The van der Waals surface area contributed by atoms with E-state index in [4.69, 9.17) is 18.0 Å². The number of hydrogen-bond acceptors (Lipinski definition) is 5. The van der Waals surface area contributed by atoms with Crippen LogP contribution in [0.3, 0.4) is 0 Å². The highest BCUT2D eigenvalue weighted by atomic mass is 35.5. The van der Waals surface area contributed by atoms with Crippen molar-refractivity contribution in [2.45, 2.75) is 17.7 Å². The van der Waals surface area contributed by atoms with Crippen LogP contribution in [0, 0.1) is 12.3 Å². The third-order valence-electron chi connectivity index (χ3n) is 2.62. The normalized spacial score (nSPS) is 11.2. The van der Waals surface area contributed by atoms with Crippen molar-refractivity contribution in [3.8, 4) is 23.7 Å². The van der Waals surface area contributed by atoms with E-state index in [1.54, 1.807) is 0 Å². The second-order valence-electron chi connectivity index (χ2n) is 4.08. The van der Waals surface area contributed by atoms with Gasteiger partial charge in [0.1, 0.15) is 0 Å². The lowest BCUT2D eigenvalue weighted by molar-refractivity contribution is 0.579. The lowest BCUT2D eigenvalue weighted by atomic mass is 10.2. The highest BCUT2D eigenvalue weighted by molar-refractivity contribution is 7.89. The summed E-state index contributed by atoms with van der Waals surface area (Å²) in [6.45, 7) is 0.271. The first-order chi connectivity index (χ1) is 10.0. The Balaban J connectivity index is 2.24. The summed E-state index contributed by atoms with van der Waals surface area (Å²) in [5.74, 6) is 2.68. The second-order valence-corrected chi connectivity index (χ2v) is 6.26. The molecule has 1 aromatic heterocycles. The molecule has 0 fully saturated rings. The molecule has 0 radical (unpaired) electrons. The Bertz CT molecular complexity index is 752. The fraction of sp³-hybridized carbons (Fsp3) is 0.250. The standard InChI is InChI=1S/C12H12ClN5O2S/c1-2-3-4-7-14-21(19,20)9-5-6-11(13)10(8-9)12-15-17-18-16-12/h1,5-6,8,14H,3-4,7H2,(H,15,16,17,18). The number of aromatic amines is 1. The molecule has 1 aromatic carbocycles. The molecule has 21 heavy (non-hydrogen) atoms. The van der Waals surface area contributed by atoms with Gasteiger partial charge in [0, 0.05) is 18.5 Å². The Labute approximate surface area is 127 Å². The van der Waals surface area contributed by atoms with E-state index in [0.29, 0.717) is 23.4 Å². The zero-order valence-electron chi connectivity index (χ0n) is 10.9. The van der Waals surface area contributed by atoms with Gasteiger partial charge < -0.3 is 0 Å². The van der Waals surface area contributed by atoms with E-state index in [1.807, 2.05) is 0 Å².